The summed E-state index contributed by atoms with van der Waals surface area (Å²) < 4.78 is 0.886. The van der Waals surface area contributed by atoms with Crippen LogP contribution in [0, 0.1) is 5.41 Å². The van der Waals surface area contributed by atoms with Crippen LogP contribution in [0.15, 0.2) is 16.8 Å². The quantitative estimate of drug-likeness (QED) is 0.342. The molecule has 0 amide bonds. The molecule has 0 aliphatic carbocycles. The van der Waals surface area contributed by atoms with Crippen LogP contribution >= 0.6 is 22.6 Å². The predicted molar refractivity (Wildman–Crippen MR) is 57.4 cm³/mol. The SMILES string of the molecule is C/C=C(C)\C(I)=N/NC(C)=N. The van der Waals surface area contributed by atoms with Crippen molar-refractivity contribution < 1.29 is 0 Å². The van der Waals surface area contributed by atoms with Gasteiger partial charge in [0.1, 0.15) is 9.55 Å². The summed E-state index contributed by atoms with van der Waals surface area (Å²) in [7, 11) is 0. The van der Waals surface area contributed by atoms with Gasteiger partial charge in [0.25, 0.3) is 0 Å². The monoisotopic (exact) mass is 265 g/mol. The van der Waals surface area contributed by atoms with Crippen molar-refractivity contribution in [1.82, 2.24) is 5.43 Å². The molecule has 0 aromatic heterocycles. The van der Waals surface area contributed by atoms with Crippen molar-refractivity contribution in [3.05, 3.63) is 11.6 Å². The summed E-state index contributed by atoms with van der Waals surface area (Å²) in [6, 6.07) is 0. The number of hydrogen-bond donors (Lipinski definition) is 2. The Morgan fingerprint density at radius 1 is 1.55 bits per heavy atom. The molecule has 11 heavy (non-hydrogen) atoms. The Morgan fingerprint density at radius 2 is 2.09 bits per heavy atom. The Balaban J connectivity index is 4.12. The lowest BCUT2D eigenvalue weighted by Crippen LogP contribution is -2.13. The van der Waals surface area contributed by atoms with Gasteiger partial charge in [-0.2, -0.15) is 5.10 Å². The molecule has 0 radical (unpaired) electrons. The molecule has 0 aliphatic rings. The number of allylic oxidation sites excluding steroid dienone is 2. The Labute approximate surface area is 80.6 Å². The van der Waals surface area contributed by atoms with E-state index in [2.05, 4.69) is 33.1 Å². The average molecular weight is 265 g/mol. The maximum atomic E-state index is 7.04. The van der Waals surface area contributed by atoms with Crippen LogP contribution in [-0.2, 0) is 0 Å². The number of nitrogens with zero attached hydrogens (tertiary/aromatic N) is 1. The number of rotatable bonds is 2. The lowest BCUT2D eigenvalue weighted by atomic mass is 10.3. The molecule has 0 rings (SSSR count). The Bertz CT molecular complexity index is 206. The van der Waals surface area contributed by atoms with E-state index < -0.39 is 0 Å². The van der Waals surface area contributed by atoms with Gasteiger partial charge in [0, 0.05) is 0 Å². The molecule has 0 fully saturated rings. The molecule has 0 saturated heterocycles. The molecular weight excluding hydrogens is 253 g/mol. The zero-order valence-electron chi connectivity index (χ0n) is 6.90. The fourth-order valence-corrected chi connectivity index (χ4v) is 0.772. The number of amidine groups is 1. The zero-order valence-corrected chi connectivity index (χ0v) is 9.06. The normalized spacial score (nSPS) is 13.1. The highest BCUT2D eigenvalue weighted by atomic mass is 127. The molecule has 2 N–H and O–H groups in total. The van der Waals surface area contributed by atoms with Crippen LogP contribution in [0.2, 0.25) is 0 Å². The summed E-state index contributed by atoms with van der Waals surface area (Å²) in [4.78, 5) is 0. The lowest BCUT2D eigenvalue weighted by molar-refractivity contribution is 1.01. The van der Waals surface area contributed by atoms with E-state index in [1.54, 1.807) is 6.92 Å². The van der Waals surface area contributed by atoms with Gasteiger partial charge < -0.3 is 0 Å². The molecule has 0 bridgehead atoms. The third-order valence-electron chi connectivity index (χ3n) is 1.08. The van der Waals surface area contributed by atoms with Crippen LogP contribution in [0.25, 0.3) is 0 Å². The molecule has 3 nitrogen and oxygen atoms in total. The largest absolute Gasteiger partial charge is 0.287 e. The van der Waals surface area contributed by atoms with E-state index in [-0.39, 0.29) is 0 Å². The van der Waals surface area contributed by atoms with E-state index in [0.717, 1.165) is 9.29 Å². The third kappa shape index (κ3) is 4.94. The number of hydrazone groups is 1. The highest BCUT2D eigenvalue weighted by molar-refractivity contribution is 14.1. The summed E-state index contributed by atoms with van der Waals surface area (Å²) in [5, 5.41) is 11.0. The first kappa shape index (κ1) is 10.6. The molecule has 62 valence electrons. The third-order valence-corrected chi connectivity index (χ3v) is 2.17. The molecule has 0 aromatic rings. The number of halogens is 1. The molecule has 0 aromatic carbocycles. The van der Waals surface area contributed by atoms with Gasteiger partial charge in [-0.1, -0.05) is 6.08 Å². The fraction of sp³-hybridized carbons (Fsp3) is 0.429. The number of hydrogen-bond acceptors (Lipinski definition) is 2. The number of nitrogens with one attached hydrogen (secondary N) is 2. The van der Waals surface area contributed by atoms with Crippen molar-refractivity contribution in [3.63, 3.8) is 0 Å². The van der Waals surface area contributed by atoms with E-state index in [4.69, 9.17) is 5.41 Å². The smallest absolute Gasteiger partial charge is 0.124 e. The topological polar surface area (TPSA) is 48.2 Å². The highest BCUT2D eigenvalue weighted by Gasteiger charge is 1.93. The molecule has 0 spiro atoms. The van der Waals surface area contributed by atoms with Crippen LogP contribution in [0.5, 0.6) is 0 Å². The van der Waals surface area contributed by atoms with E-state index >= 15 is 0 Å². The molecule has 0 atom stereocenters. The first-order valence-electron chi connectivity index (χ1n) is 3.25. The highest BCUT2D eigenvalue weighted by Crippen LogP contribution is 2.02. The van der Waals surface area contributed by atoms with Crippen molar-refractivity contribution in [2.45, 2.75) is 20.8 Å². The van der Waals surface area contributed by atoms with E-state index in [1.807, 2.05) is 19.9 Å². The van der Waals surface area contributed by atoms with E-state index in [9.17, 15) is 0 Å². The first-order chi connectivity index (χ1) is 5.07. The predicted octanol–water partition coefficient (Wildman–Crippen LogP) is 2.29. The summed E-state index contributed by atoms with van der Waals surface area (Å²) in [6.07, 6.45) is 1.98. The van der Waals surface area contributed by atoms with E-state index in [1.165, 1.54) is 0 Å². The van der Waals surface area contributed by atoms with Gasteiger partial charge in [0.05, 0.1) is 0 Å². The first-order valence-corrected chi connectivity index (χ1v) is 4.33. The molecule has 0 saturated carbocycles. The van der Waals surface area contributed by atoms with E-state index in [0.29, 0.717) is 5.84 Å². The summed E-state index contributed by atoms with van der Waals surface area (Å²) in [6.45, 7) is 5.59. The van der Waals surface area contributed by atoms with Crippen LogP contribution in [0.4, 0.5) is 0 Å². The van der Waals surface area contributed by atoms with Crippen molar-refractivity contribution in [3.8, 4) is 0 Å². The zero-order chi connectivity index (χ0) is 8.85. The molecule has 0 aliphatic heterocycles. The Morgan fingerprint density at radius 3 is 2.45 bits per heavy atom. The van der Waals surface area contributed by atoms with Gasteiger partial charge in [-0.3, -0.25) is 10.8 Å². The van der Waals surface area contributed by atoms with Gasteiger partial charge in [-0.05, 0) is 48.9 Å². The minimum Gasteiger partial charge on any atom is -0.287 e. The lowest BCUT2D eigenvalue weighted by Gasteiger charge is -1.98. The van der Waals surface area contributed by atoms with Gasteiger partial charge in [0.15, 0.2) is 0 Å². The minimum atomic E-state index is 0.350. The van der Waals surface area contributed by atoms with Crippen molar-refractivity contribution >= 4 is 32.1 Å². The molecular formula is C7H12IN3. The van der Waals surface area contributed by atoms with Gasteiger partial charge in [0.2, 0.25) is 0 Å². The summed E-state index contributed by atoms with van der Waals surface area (Å²) in [5.74, 6) is 0.350. The Hall–Kier alpha value is -0.390. The maximum Gasteiger partial charge on any atom is 0.124 e. The second-order valence-corrected chi connectivity index (χ2v) is 3.13. The van der Waals surface area contributed by atoms with Crippen molar-refractivity contribution in [2.24, 2.45) is 5.10 Å². The van der Waals surface area contributed by atoms with Crippen LogP contribution in [0.3, 0.4) is 0 Å². The van der Waals surface area contributed by atoms with Crippen molar-refractivity contribution in [2.75, 3.05) is 0 Å². The average Bonchev–Trinajstić information content (AvgIpc) is 1.98. The van der Waals surface area contributed by atoms with Crippen molar-refractivity contribution in [1.29, 1.82) is 5.41 Å². The van der Waals surface area contributed by atoms with Gasteiger partial charge in [-0.25, -0.2) is 0 Å². The van der Waals surface area contributed by atoms with Crippen LogP contribution in [-0.4, -0.2) is 9.55 Å². The van der Waals surface area contributed by atoms with Gasteiger partial charge >= 0.3 is 0 Å². The molecule has 0 unspecified atom stereocenters. The molecule has 4 heteroatoms. The second kappa shape index (κ2) is 5.29. The van der Waals surface area contributed by atoms with Crippen LogP contribution < -0.4 is 5.43 Å². The van der Waals surface area contributed by atoms with Gasteiger partial charge in [-0.15, -0.1) is 0 Å². The summed E-state index contributed by atoms with van der Waals surface area (Å²) in [5.41, 5.74) is 3.69. The second-order valence-electron chi connectivity index (χ2n) is 2.11. The Kier molecular flexibility index (Phi) is 5.10. The molecule has 0 heterocycles. The maximum absolute atomic E-state index is 7.04. The van der Waals surface area contributed by atoms with Crippen LogP contribution in [0.1, 0.15) is 20.8 Å². The minimum absolute atomic E-state index is 0.350. The summed E-state index contributed by atoms with van der Waals surface area (Å²) >= 11 is 2.12. The standard InChI is InChI=1S/C7H12IN3/c1-4-5(2)7(8)11-10-6(3)9/h4H,1-3H3,(H2,9,10)/b5-4-,11-7+. The fourth-order valence-electron chi connectivity index (χ4n) is 0.340.